The van der Waals surface area contributed by atoms with Gasteiger partial charge in [-0.15, -0.1) is 0 Å². The van der Waals surface area contributed by atoms with Gasteiger partial charge in [-0.1, -0.05) is 6.92 Å². The second-order valence-corrected chi connectivity index (χ2v) is 2.89. The van der Waals surface area contributed by atoms with Gasteiger partial charge in [0.1, 0.15) is 0 Å². The number of hydrogen-bond donors (Lipinski definition) is 2. The van der Waals surface area contributed by atoms with Gasteiger partial charge in [0.2, 0.25) is 0 Å². The highest BCUT2D eigenvalue weighted by Crippen LogP contribution is 2.06. The standard InChI is InChI=1S/C9H18O4/c1-3-7(10)8(11)5-6-9(12)13-4-2/h7-8,10-11H,3-6H2,1-2H3/t7-,8-/m0/s1. The molecule has 0 radical (unpaired) electrons. The Labute approximate surface area is 78.5 Å². The first-order chi connectivity index (χ1) is 6.11. The maximum absolute atomic E-state index is 10.8. The number of ether oxygens (including phenoxy) is 1. The van der Waals surface area contributed by atoms with Crippen LogP contribution in [0, 0.1) is 0 Å². The predicted molar refractivity (Wildman–Crippen MR) is 48.2 cm³/mol. The van der Waals surface area contributed by atoms with Gasteiger partial charge in [-0.25, -0.2) is 0 Å². The summed E-state index contributed by atoms with van der Waals surface area (Å²) in [6, 6.07) is 0. The van der Waals surface area contributed by atoms with E-state index in [-0.39, 0.29) is 18.8 Å². The molecule has 0 heterocycles. The number of hydrogen-bond acceptors (Lipinski definition) is 4. The third-order valence-corrected chi connectivity index (χ3v) is 1.81. The normalized spacial score (nSPS) is 15.1. The van der Waals surface area contributed by atoms with Crippen LogP contribution in [-0.4, -0.2) is 35.0 Å². The molecular weight excluding hydrogens is 172 g/mol. The second kappa shape index (κ2) is 6.86. The largest absolute Gasteiger partial charge is 0.466 e. The zero-order chi connectivity index (χ0) is 10.3. The zero-order valence-electron chi connectivity index (χ0n) is 8.19. The van der Waals surface area contributed by atoms with Gasteiger partial charge in [0.05, 0.1) is 18.8 Å². The molecule has 4 heteroatoms. The summed E-state index contributed by atoms with van der Waals surface area (Å²) < 4.78 is 4.67. The summed E-state index contributed by atoms with van der Waals surface area (Å²) in [6.45, 7) is 3.86. The van der Waals surface area contributed by atoms with Crippen molar-refractivity contribution in [3.63, 3.8) is 0 Å². The summed E-state index contributed by atoms with van der Waals surface area (Å²) in [6.07, 6.45) is -0.659. The van der Waals surface area contributed by atoms with E-state index >= 15 is 0 Å². The Hall–Kier alpha value is -0.610. The average molecular weight is 190 g/mol. The first-order valence-electron chi connectivity index (χ1n) is 4.63. The van der Waals surface area contributed by atoms with Gasteiger partial charge in [-0.3, -0.25) is 4.79 Å². The molecule has 0 spiro atoms. The monoisotopic (exact) mass is 190 g/mol. The van der Waals surface area contributed by atoms with Crippen LogP contribution in [0.1, 0.15) is 33.1 Å². The van der Waals surface area contributed by atoms with E-state index in [1.54, 1.807) is 13.8 Å². The van der Waals surface area contributed by atoms with Gasteiger partial charge >= 0.3 is 5.97 Å². The fourth-order valence-corrected chi connectivity index (χ4v) is 0.963. The van der Waals surface area contributed by atoms with Crippen LogP contribution >= 0.6 is 0 Å². The van der Waals surface area contributed by atoms with Crippen LogP contribution in [0.15, 0.2) is 0 Å². The molecular formula is C9H18O4. The van der Waals surface area contributed by atoms with Gasteiger partial charge in [0.15, 0.2) is 0 Å². The summed E-state index contributed by atoms with van der Waals surface area (Å²) in [5.41, 5.74) is 0. The van der Waals surface area contributed by atoms with E-state index in [2.05, 4.69) is 4.74 Å². The number of carbonyl (C=O) groups is 1. The summed E-state index contributed by atoms with van der Waals surface area (Å²) in [7, 11) is 0. The molecule has 0 aliphatic rings. The van der Waals surface area contributed by atoms with Crippen molar-refractivity contribution in [3.05, 3.63) is 0 Å². The molecule has 0 aromatic rings. The van der Waals surface area contributed by atoms with E-state index < -0.39 is 12.2 Å². The van der Waals surface area contributed by atoms with E-state index in [1.165, 1.54) is 0 Å². The first-order valence-corrected chi connectivity index (χ1v) is 4.63. The summed E-state index contributed by atoms with van der Waals surface area (Å²) in [4.78, 5) is 10.8. The lowest BCUT2D eigenvalue weighted by Crippen LogP contribution is -2.25. The quantitative estimate of drug-likeness (QED) is 0.597. The SMILES string of the molecule is CCOC(=O)CC[C@H](O)[C@@H](O)CC. The maximum Gasteiger partial charge on any atom is 0.305 e. The van der Waals surface area contributed by atoms with E-state index in [0.717, 1.165) is 0 Å². The number of aliphatic hydroxyl groups is 2. The predicted octanol–water partition coefficient (Wildman–Crippen LogP) is 0.461. The first kappa shape index (κ1) is 12.4. The molecule has 4 nitrogen and oxygen atoms in total. The lowest BCUT2D eigenvalue weighted by atomic mass is 10.1. The van der Waals surface area contributed by atoms with Crippen LogP contribution in [0.3, 0.4) is 0 Å². The Bertz CT molecular complexity index is 147. The highest BCUT2D eigenvalue weighted by atomic mass is 16.5. The van der Waals surface area contributed by atoms with Crippen LogP contribution in [-0.2, 0) is 9.53 Å². The van der Waals surface area contributed by atoms with Crippen molar-refractivity contribution in [1.29, 1.82) is 0 Å². The van der Waals surface area contributed by atoms with Crippen LogP contribution in [0.2, 0.25) is 0 Å². The molecule has 2 atom stereocenters. The fourth-order valence-electron chi connectivity index (χ4n) is 0.963. The Balaban J connectivity index is 3.57. The van der Waals surface area contributed by atoms with Crippen molar-refractivity contribution in [2.24, 2.45) is 0 Å². The third kappa shape index (κ3) is 5.60. The number of carbonyl (C=O) groups excluding carboxylic acids is 1. The molecule has 0 unspecified atom stereocenters. The maximum atomic E-state index is 10.8. The molecule has 78 valence electrons. The van der Waals surface area contributed by atoms with Crippen molar-refractivity contribution in [1.82, 2.24) is 0 Å². The van der Waals surface area contributed by atoms with E-state index in [4.69, 9.17) is 5.11 Å². The summed E-state index contributed by atoms with van der Waals surface area (Å²) in [5.74, 6) is -0.329. The van der Waals surface area contributed by atoms with E-state index in [1.807, 2.05) is 0 Å². The average Bonchev–Trinajstić information content (AvgIpc) is 2.13. The molecule has 0 rings (SSSR count). The van der Waals surface area contributed by atoms with Crippen molar-refractivity contribution >= 4 is 5.97 Å². The van der Waals surface area contributed by atoms with Crippen molar-refractivity contribution in [2.45, 2.75) is 45.3 Å². The van der Waals surface area contributed by atoms with Crippen LogP contribution < -0.4 is 0 Å². The minimum Gasteiger partial charge on any atom is -0.466 e. The number of aliphatic hydroxyl groups excluding tert-OH is 2. The molecule has 0 aliphatic heterocycles. The van der Waals surface area contributed by atoms with Gasteiger partial charge < -0.3 is 14.9 Å². The van der Waals surface area contributed by atoms with Crippen molar-refractivity contribution in [2.75, 3.05) is 6.61 Å². The fraction of sp³-hybridized carbons (Fsp3) is 0.889. The Morgan fingerprint density at radius 1 is 1.31 bits per heavy atom. The van der Waals surface area contributed by atoms with Crippen LogP contribution in [0.25, 0.3) is 0 Å². The lowest BCUT2D eigenvalue weighted by molar-refractivity contribution is -0.144. The molecule has 13 heavy (non-hydrogen) atoms. The molecule has 0 aliphatic carbocycles. The molecule has 0 saturated heterocycles. The summed E-state index contributed by atoms with van der Waals surface area (Å²) in [5, 5.41) is 18.4. The van der Waals surface area contributed by atoms with Gasteiger partial charge in [0, 0.05) is 6.42 Å². The second-order valence-electron chi connectivity index (χ2n) is 2.89. The smallest absolute Gasteiger partial charge is 0.305 e. The Morgan fingerprint density at radius 2 is 1.92 bits per heavy atom. The van der Waals surface area contributed by atoms with Crippen LogP contribution in [0.4, 0.5) is 0 Å². The highest BCUT2D eigenvalue weighted by molar-refractivity contribution is 5.69. The van der Waals surface area contributed by atoms with Gasteiger partial charge in [-0.05, 0) is 19.8 Å². The molecule has 0 aromatic carbocycles. The van der Waals surface area contributed by atoms with Crippen LogP contribution in [0.5, 0.6) is 0 Å². The molecule has 2 N–H and O–H groups in total. The number of rotatable bonds is 6. The van der Waals surface area contributed by atoms with Gasteiger partial charge in [0.25, 0.3) is 0 Å². The zero-order valence-corrected chi connectivity index (χ0v) is 8.19. The molecule has 0 bridgehead atoms. The summed E-state index contributed by atoms with van der Waals surface area (Å²) >= 11 is 0. The molecule has 0 aromatic heterocycles. The lowest BCUT2D eigenvalue weighted by Gasteiger charge is -2.14. The topological polar surface area (TPSA) is 66.8 Å². The number of esters is 1. The minimum absolute atomic E-state index is 0.159. The third-order valence-electron chi connectivity index (χ3n) is 1.81. The highest BCUT2D eigenvalue weighted by Gasteiger charge is 2.15. The van der Waals surface area contributed by atoms with Crippen molar-refractivity contribution in [3.8, 4) is 0 Å². The molecule has 0 amide bonds. The van der Waals surface area contributed by atoms with E-state index in [0.29, 0.717) is 13.0 Å². The van der Waals surface area contributed by atoms with E-state index in [9.17, 15) is 9.90 Å². The minimum atomic E-state index is -0.825. The molecule has 0 fully saturated rings. The van der Waals surface area contributed by atoms with Crippen molar-refractivity contribution < 1.29 is 19.7 Å². The Morgan fingerprint density at radius 3 is 2.38 bits per heavy atom. The van der Waals surface area contributed by atoms with Gasteiger partial charge in [-0.2, -0.15) is 0 Å². The Kier molecular flexibility index (Phi) is 6.54. The molecule has 0 saturated carbocycles.